The summed E-state index contributed by atoms with van der Waals surface area (Å²) in [7, 11) is 0. The number of halogens is 4. The van der Waals surface area contributed by atoms with Gasteiger partial charge in [-0.2, -0.15) is 18.3 Å². The van der Waals surface area contributed by atoms with Crippen molar-refractivity contribution < 1.29 is 17.6 Å². The van der Waals surface area contributed by atoms with Crippen molar-refractivity contribution in [3.8, 4) is 11.3 Å². The highest BCUT2D eigenvalue weighted by molar-refractivity contribution is 5.82. The summed E-state index contributed by atoms with van der Waals surface area (Å²) in [6.07, 6.45) is -0.767. The Morgan fingerprint density at radius 3 is 2.72 bits per heavy atom. The number of alkyl halides is 4. The standard InChI is InChI=1S/C18H21F4N7/c1-23-14-6-13(12-7-27-29(8-12)11-18(20,21)22)28-16(15(14)24-2)26-10-17(19)4-3-5-25-9-17/h6-8,25H,1-5,9-11H2,(H,26,28). The molecule has 0 saturated carbocycles. The van der Waals surface area contributed by atoms with Crippen LogP contribution in [0.2, 0.25) is 0 Å². The molecule has 29 heavy (non-hydrogen) atoms. The number of nitrogens with one attached hydrogen (secondary N) is 2. The van der Waals surface area contributed by atoms with Crippen molar-refractivity contribution >= 4 is 30.6 Å². The predicted molar refractivity (Wildman–Crippen MR) is 104 cm³/mol. The number of hydrogen-bond donors (Lipinski definition) is 2. The van der Waals surface area contributed by atoms with E-state index in [0.29, 0.717) is 29.1 Å². The summed E-state index contributed by atoms with van der Waals surface area (Å²) < 4.78 is 53.4. The van der Waals surface area contributed by atoms with E-state index in [4.69, 9.17) is 0 Å². The van der Waals surface area contributed by atoms with E-state index in [9.17, 15) is 17.6 Å². The highest BCUT2D eigenvalue weighted by Gasteiger charge is 2.32. The van der Waals surface area contributed by atoms with E-state index in [-0.39, 0.29) is 18.9 Å². The van der Waals surface area contributed by atoms with E-state index in [1.807, 2.05) is 0 Å². The molecule has 1 saturated heterocycles. The molecule has 1 atom stereocenters. The molecule has 1 unspecified atom stereocenters. The van der Waals surface area contributed by atoms with Crippen LogP contribution in [0, 0.1) is 0 Å². The molecule has 2 N–H and O–H groups in total. The van der Waals surface area contributed by atoms with Gasteiger partial charge in [-0.15, -0.1) is 0 Å². The summed E-state index contributed by atoms with van der Waals surface area (Å²) in [5.74, 6) is 0.228. The van der Waals surface area contributed by atoms with Crippen LogP contribution >= 0.6 is 0 Å². The summed E-state index contributed by atoms with van der Waals surface area (Å²) in [6, 6.07) is 1.52. The van der Waals surface area contributed by atoms with E-state index in [2.05, 4.69) is 44.1 Å². The van der Waals surface area contributed by atoms with Gasteiger partial charge in [0.1, 0.15) is 17.9 Å². The number of aromatic nitrogens is 3. The molecule has 11 heteroatoms. The summed E-state index contributed by atoms with van der Waals surface area (Å²) >= 11 is 0. The lowest BCUT2D eigenvalue weighted by atomic mass is 9.96. The van der Waals surface area contributed by atoms with Gasteiger partial charge in [0.2, 0.25) is 0 Å². The fourth-order valence-corrected chi connectivity index (χ4v) is 3.16. The molecule has 0 spiro atoms. The average Bonchev–Trinajstić information content (AvgIpc) is 3.12. The fraction of sp³-hybridized carbons (Fsp3) is 0.444. The zero-order valence-corrected chi connectivity index (χ0v) is 15.6. The zero-order valence-electron chi connectivity index (χ0n) is 15.6. The van der Waals surface area contributed by atoms with Gasteiger partial charge in [0.15, 0.2) is 5.82 Å². The van der Waals surface area contributed by atoms with Crippen molar-refractivity contribution in [2.24, 2.45) is 9.98 Å². The van der Waals surface area contributed by atoms with Crippen molar-refractivity contribution in [1.82, 2.24) is 20.1 Å². The van der Waals surface area contributed by atoms with Crippen LogP contribution in [0.3, 0.4) is 0 Å². The number of hydrogen-bond acceptors (Lipinski definition) is 6. The number of nitrogens with zero attached hydrogens (tertiary/aromatic N) is 5. The quantitative estimate of drug-likeness (QED) is 0.538. The molecular weight excluding hydrogens is 390 g/mol. The lowest BCUT2D eigenvalue weighted by Gasteiger charge is -2.30. The Morgan fingerprint density at radius 2 is 2.10 bits per heavy atom. The molecule has 1 fully saturated rings. The molecule has 0 bridgehead atoms. The molecule has 7 nitrogen and oxygen atoms in total. The highest BCUT2D eigenvalue weighted by atomic mass is 19.4. The van der Waals surface area contributed by atoms with Crippen LogP contribution in [-0.2, 0) is 6.54 Å². The minimum atomic E-state index is -4.39. The Balaban J connectivity index is 1.90. The monoisotopic (exact) mass is 411 g/mol. The van der Waals surface area contributed by atoms with Crippen molar-refractivity contribution in [2.75, 3.05) is 25.0 Å². The van der Waals surface area contributed by atoms with Gasteiger partial charge >= 0.3 is 6.18 Å². The lowest BCUT2D eigenvalue weighted by Crippen LogP contribution is -2.46. The third kappa shape index (κ3) is 5.17. The Bertz CT molecular complexity index is 885. The Labute approximate surface area is 165 Å². The number of rotatable bonds is 7. The van der Waals surface area contributed by atoms with Crippen LogP contribution in [0.1, 0.15) is 12.8 Å². The van der Waals surface area contributed by atoms with Crippen LogP contribution < -0.4 is 10.6 Å². The van der Waals surface area contributed by atoms with Crippen molar-refractivity contribution in [3.63, 3.8) is 0 Å². The molecule has 0 aromatic carbocycles. The zero-order chi connectivity index (χ0) is 21.1. The third-order valence-electron chi connectivity index (χ3n) is 4.56. The SMILES string of the molecule is C=Nc1cc(-c2cnn(CC(F)(F)F)c2)nc(NCC2(F)CCCNC2)c1N=C. The second-order valence-corrected chi connectivity index (χ2v) is 6.87. The maximum absolute atomic E-state index is 14.9. The predicted octanol–water partition coefficient (Wildman–Crippen LogP) is 3.68. The first-order chi connectivity index (χ1) is 13.7. The summed E-state index contributed by atoms with van der Waals surface area (Å²) in [6.45, 7) is 6.74. The largest absolute Gasteiger partial charge is 0.408 e. The topological polar surface area (TPSA) is 79.5 Å². The van der Waals surface area contributed by atoms with Crippen molar-refractivity contribution in [2.45, 2.75) is 31.2 Å². The lowest BCUT2D eigenvalue weighted by molar-refractivity contribution is -0.142. The smallest absolute Gasteiger partial charge is 0.365 e. The van der Waals surface area contributed by atoms with E-state index >= 15 is 0 Å². The number of aliphatic imine (C=N–C) groups is 2. The van der Waals surface area contributed by atoms with Gasteiger partial charge < -0.3 is 10.6 Å². The molecule has 3 rings (SSSR count). The molecule has 1 aliphatic heterocycles. The maximum atomic E-state index is 14.9. The maximum Gasteiger partial charge on any atom is 0.408 e. The summed E-state index contributed by atoms with van der Waals surface area (Å²) in [4.78, 5) is 12.2. The van der Waals surface area contributed by atoms with Crippen LogP contribution in [0.15, 0.2) is 28.4 Å². The number of pyridine rings is 1. The number of anilines is 1. The normalized spacial score (nSPS) is 19.7. The minimum absolute atomic E-state index is 0.0110. The van der Waals surface area contributed by atoms with Crippen molar-refractivity contribution in [1.29, 1.82) is 0 Å². The average molecular weight is 411 g/mol. The van der Waals surface area contributed by atoms with Crippen LogP contribution in [0.5, 0.6) is 0 Å². The van der Waals surface area contributed by atoms with Gasteiger partial charge in [0, 0.05) is 18.3 Å². The highest BCUT2D eigenvalue weighted by Crippen LogP contribution is 2.38. The van der Waals surface area contributed by atoms with E-state index in [1.165, 1.54) is 18.5 Å². The van der Waals surface area contributed by atoms with Gasteiger partial charge in [-0.3, -0.25) is 14.7 Å². The second kappa shape index (κ2) is 8.27. The first-order valence-corrected chi connectivity index (χ1v) is 8.95. The summed E-state index contributed by atoms with van der Waals surface area (Å²) in [5, 5.41) is 9.69. The van der Waals surface area contributed by atoms with Gasteiger partial charge in [-0.1, -0.05) is 0 Å². The molecule has 0 aliphatic carbocycles. The first kappa shape index (κ1) is 20.9. The first-order valence-electron chi connectivity index (χ1n) is 8.95. The number of piperidine rings is 1. The van der Waals surface area contributed by atoms with Gasteiger partial charge in [0.25, 0.3) is 0 Å². The van der Waals surface area contributed by atoms with E-state index < -0.39 is 18.4 Å². The second-order valence-electron chi connectivity index (χ2n) is 6.87. The molecule has 1 aliphatic rings. The van der Waals surface area contributed by atoms with E-state index in [1.54, 1.807) is 0 Å². The van der Waals surface area contributed by atoms with Gasteiger partial charge in [0.05, 0.1) is 24.1 Å². The Morgan fingerprint density at radius 1 is 1.31 bits per heavy atom. The molecule has 2 aromatic rings. The molecule has 0 amide bonds. The summed E-state index contributed by atoms with van der Waals surface area (Å²) in [5.41, 5.74) is -0.171. The fourth-order valence-electron chi connectivity index (χ4n) is 3.16. The van der Waals surface area contributed by atoms with Crippen LogP contribution in [-0.4, -0.2) is 59.7 Å². The van der Waals surface area contributed by atoms with Gasteiger partial charge in [-0.05, 0) is 38.9 Å². The van der Waals surface area contributed by atoms with Gasteiger partial charge in [-0.25, -0.2) is 9.37 Å². The minimum Gasteiger partial charge on any atom is -0.365 e. The van der Waals surface area contributed by atoms with Crippen LogP contribution in [0.25, 0.3) is 11.3 Å². The van der Waals surface area contributed by atoms with E-state index in [0.717, 1.165) is 17.6 Å². The van der Waals surface area contributed by atoms with Crippen LogP contribution in [0.4, 0.5) is 34.8 Å². The Hall–Kier alpha value is -2.82. The molecule has 3 heterocycles. The van der Waals surface area contributed by atoms with Crippen molar-refractivity contribution in [3.05, 3.63) is 18.5 Å². The molecular formula is C18H21F4N7. The molecule has 2 aromatic heterocycles. The molecule has 0 radical (unpaired) electrons. The third-order valence-corrected chi connectivity index (χ3v) is 4.56. The molecule has 156 valence electrons. The Kier molecular flexibility index (Phi) is 5.96.